The summed E-state index contributed by atoms with van der Waals surface area (Å²) in [6.07, 6.45) is 0. The van der Waals surface area contributed by atoms with E-state index in [1.807, 2.05) is 12.1 Å². The third-order valence-corrected chi connectivity index (χ3v) is 2.48. The van der Waals surface area contributed by atoms with Crippen molar-refractivity contribution in [1.29, 1.82) is 0 Å². The number of phenols is 2. The first kappa shape index (κ1) is 8.17. The minimum Gasteiger partial charge on any atom is -0.504 e. The molecule has 1 heterocycles. The van der Waals surface area contributed by atoms with E-state index in [1.54, 1.807) is 24.3 Å². The predicted octanol–water partition coefficient (Wildman–Crippen LogP) is 3.00. The van der Waals surface area contributed by atoms with E-state index in [0.29, 0.717) is 11.2 Å². The van der Waals surface area contributed by atoms with Crippen molar-refractivity contribution >= 4 is 21.9 Å². The van der Waals surface area contributed by atoms with Crippen LogP contribution < -0.4 is 0 Å². The number of rotatable bonds is 0. The van der Waals surface area contributed by atoms with Gasteiger partial charge in [-0.25, -0.2) is 0 Å². The van der Waals surface area contributed by atoms with Crippen LogP contribution in [-0.2, 0) is 0 Å². The van der Waals surface area contributed by atoms with Crippen LogP contribution in [0, 0.1) is 0 Å². The van der Waals surface area contributed by atoms with Gasteiger partial charge in [0.15, 0.2) is 22.7 Å². The van der Waals surface area contributed by atoms with E-state index in [0.717, 1.165) is 10.8 Å². The molecule has 3 rings (SSSR count). The normalized spacial score (nSPS) is 11.2. The smallest absolute Gasteiger partial charge is 0.177 e. The Bertz CT molecular complexity index is 596. The number of benzene rings is 2. The Morgan fingerprint density at radius 3 is 1.67 bits per heavy atom. The average Bonchev–Trinajstić information content (AvgIpc) is 2.60. The Kier molecular flexibility index (Phi) is 1.45. The molecule has 0 fully saturated rings. The van der Waals surface area contributed by atoms with Crippen LogP contribution in [-0.4, -0.2) is 10.2 Å². The molecule has 0 saturated carbocycles. The molecule has 3 heteroatoms. The fraction of sp³-hybridized carbons (Fsp3) is 0. The highest BCUT2D eigenvalue weighted by atomic mass is 16.4. The van der Waals surface area contributed by atoms with Crippen LogP contribution in [0.4, 0.5) is 0 Å². The first-order valence-corrected chi connectivity index (χ1v) is 4.59. The molecule has 0 atom stereocenters. The largest absolute Gasteiger partial charge is 0.504 e. The molecule has 15 heavy (non-hydrogen) atoms. The first-order chi connectivity index (χ1) is 7.27. The summed E-state index contributed by atoms with van der Waals surface area (Å²) < 4.78 is 5.41. The molecule has 2 N–H and O–H groups in total. The van der Waals surface area contributed by atoms with Crippen molar-refractivity contribution in [2.45, 2.75) is 0 Å². The average molecular weight is 200 g/mol. The molecule has 0 aliphatic rings. The molecule has 0 radical (unpaired) electrons. The van der Waals surface area contributed by atoms with Crippen molar-refractivity contribution in [2.75, 3.05) is 0 Å². The maximum atomic E-state index is 9.59. The van der Waals surface area contributed by atoms with Gasteiger partial charge < -0.3 is 14.6 Å². The van der Waals surface area contributed by atoms with Crippen molar-refractivity contribution in [3.63, 3.8) is 0 Å². The first-order valence-electron chi connectivity index (χ1n) is 4.59. The topological polar surface area (TPSA) is 53.6 Å². The summed E-state index contributed by atoms with van der Waals surface area (Å²) in [6, 6.07) is 10.3. The zero-order valence-electron chi connectivity index (χ0n) is 7.77. The number of fused-ring (bicyclic) bond motifs is 3. The van der Waals surface area contributed by atoms with Crippen molar-refractivity contribution in [2.24, 2.45) is 0 Å². The third-order valence-electron chi connectivity index (χ3n) is 2.48. The maximum Gasteiger partial charge on any atom is 0.177 e. The summed E-state index contributed by atoms with van der Waals surface area (Å²) in [5.74, 6) is 0.172. The Morgan fingerprint density at radius 2 is 1.20 bits per heavy atom. The summed E-state index contributed by atoms with van der Waals surface area (Å²) >= 11 is 0. The molecule has 74 valence electrons. The van der Waals surface area contributed by atoms with Gasteiger partial charge in [0.2, 0.25) is 0 Å². The van der Waals surface area contributed by atoms with Crippen LogP contribution in [0.15, 0.2) is 40.8 Å². The summed E-state index contributed by atoms with van der Waals surface area (Å²) in [5, 5.41) is 20.8. The van der Waals surface area contributed by atoms with Gasteiger partial charge in [0.05, 0.1) is 0 Å². The second kappa shape index (κ2) is 2.67. The fourth-order valence-electron chi connectivity index (χ4n) is 1.79. The Labute approximate surface area is 85.2 Å². The van der Waals surface area contributed by atoms with Gasteiger partial charge in [0.25, 0.3) is 0 Å². The molecular formula is C12H8O3. The summed E-state index contributed by atoms with van der Waals surface area (Å²) in [5.41, 5.74) is 0.822. The van der Waals surface area contributed by atoms with E-state index in [-0.39, 0.29) is 11.5 Å². The molecular weight excluding hydrogens is 192 g/mol. The van der Waals surface area contributed by atoms with Crippen LogP contribution in [0.3, 0.4) is 0 Å². The molecule has 0 bridgehead atoms. The molecule has 0 aliphatic heterocycles. The van der Waals surface area contributed by atoms with Gasteiger partial charge in [-0.05, 0) is 12.1 Å². The monoisotopic (exact) mass is 200 g/mol. The van der Waals surface area contributed by atoms with Crippen molar-refractivity contribution in [3.05, 3.63) is 36.4 Å². The number of hydrogen-bond acceptors (Lipinski definition) is 3. The fourth-order valence-corrected chi connectivity index (χ4v) is 1.79. The van der Waals surface area contributed by atoms with Gasteiger partial charge in [0.1, 0.15) is 0 Å². The Balaban J connectivity index is 2.63. The van der Waals surface area contributed by atoms with E-state index >= 15 is 0 Å². The van der Waals surface area contributed by atoms with Gasteiger partial charge >= 0.3 is 0 Å². The van der Waals surface area contributed by atoms with Crippen molar-refractivity contribution in [3.8, 4) is 11.5 Å². The van der Waals surface area contributed by atoms with E-state index in [2.05, 4.69) is 0 Å². The molecule has 0 amide bonds. The summed E-state index contributed by atoms with van der Waals surface area (Å²) in [4.78, 5) is 0. The lowest BCUT2D eigenvalue weighted by Gasteiger charge is -1.90. The highest BCUT2D eigenvalue weighted by molar-refractivity contribution is 6.08. The molecule has 2 aromatic carbocycles. The van der Waals surface area contributed by atoms with Crippen LogP contribution in [0.1, 0.15) is 0 Å². The number of furan rings is 1. The molecule has 0 unspecified atom stereocenters. The molecule has 3 nitrogen and oxygen atoms in total. The number of hydrogen-bond donors (Lipinski definition) is 2. The maximum absolute atomic E-state index is 9.59. The van der Waals surface area contributed by atoms with Crippen molar-refractivity contribution in [1.82, 2.24) is 0 Å². The van der Waals surface area contributed by atoms with Gasteiger partial charge in [-0.15, -0.1) is 0 Å². The summed E-state index contributed by atoms with van der Waals surface area (Å²) in [6.45, 7) is 0. The van der Waals surface area contributed by atoms with Crippen LogP contribution >= 0.6 is 0 Å². The second-order valence-electron chi connectivity index (χ2n) is 3.41. The van der Waals surface area contributed by atoms with Gasteiger partial charge in [-0.1, -0.05) is 24.3 Å². The van der Waals surface area contributed by atoms with Crippen LogP contribution in [0.2, 0.25) is 0 Å². The lowest BCUT2D eigenvalue weighted by molar-refractivity contribution is 0.457. The zero-order valence-corrected chi connectivity index (χ0v) is 7.77. The van der Waals surface area contributed by atoms with Crippen molar-refractivity contribution < 1.29 is 14.6 Å². The summed E-state index contributed by atoms with van der Waals surface area (Å²) in [7, 11) is 0. The lowest BCUT2D eigenvalue weighted by Crippen LogP contribution is -1.67. The molecule has 0 spiro atoms. The Morgan fingerprint density at radius 1 is 0.733 bits per heavy atom. The van der Waals surface area contributed by atoms with Gasteiger partial charge in [-0.2, -0.15) is 0 Å². The molecule has 0 saturated heterocycles. The zero-order chi connectivity index (χ0) is 10.4. The SMILES string of the molecule is Oc1cccc2c1oc1c(O)cccc12. The van der Waals surface area contributed by atoms with Gasteiger partial charge in [0, 0.05) is 10.8 Å². The lowest BCUT2D eigenvalue weighted by atomic mass is 10.1. The van der Waals surface area contributed by atoms with E-state index < -0.39 is 0 Å². The molecule has 1 aromatic heterocycles. The standard InChI is InChI=1S/C12H8O3/c13-9-5-1-3-7-8-4-2-6-10(14)12(8)15-11(7)9/h1-6,13-14H. The van der Waals surface area contributed by atoms with Crippen LogP contribution in [0.5, 0.6) is 11.5 Å². The number of phenolic OH excluding ortho intramolecular Hbond substituents is 2. The minimum atomic E-state index is 0.0862. The van der Waals surface area contributed by atoms with E-state index in [4.69, 9.17) is 4.42 Å². The second-order valence-corrected chi connectivity index (χ2v) is 3.41. The van der Waals surface area contributed by atoms with E-state index in [9.17, 15) is 10.2 Å². The number of para-hydroxylation sites is 2. The predicted molar refractivity (Wildman–Crippen MR) is 57.0 cm³/mol. The highest BCUT2D eigenvalue weighted by Crippen LogP contribution is 2.37. The van der Waals surface area contributed by atoms with Crippen LogP contribution in [0.25, 0.3) is 21.9 Å². The van der Waals surface area contributed by atoms with E-state index in [1.165, 1.54) is 0 Å². The minimum absolute atomic E-state index is 0.0862. The Hall–Kier alpha value is -2.16. The quantitative estimate of drug-likeness (QED) is 0.586. The highest BCUT2D eigenvalue weighted by Gasteiger charge is 2.11. The number of aromatic hydroxyl groups is 2. The molecule has 0 aliphatic carbocycles. The third kappa shape index (κ3) is 1.00. The molecule has 3 aromatic rings. The van der Waals surface area contributed by atoms with Gasteiger partial charge in [-0.3, -0.25) is 0 Å².